The fraction of sp³-hybridized carbons (Fsp3) is 0.100. The van der Waals surface area contributed by atoms with Crippen molar-refractivity contribution in [3.8, 4) is 0 Å². The highest BCUT2D eigenvalue weighted by Crippen LogP contribution is 2.04. The summed E-state index contributed by atoms with van der Waals surface area (Å²) in [5, 5.41) is 2.95. The van der Waals surface area contributed by atoms with E-state index in [2.05, 4.69) is 5.32 Å². The van der Waals surface area contributed by atoms with Crippen molar-refractivity contribution in [2.24, 2.45) is 0 Å². The van der Waals surface area contributed by atoms with Crippen LogP contribution in [0.25, 0.3) is 0 Å². The average Bonchev–Trinajstić information content (AvgIpc) is 2.19. The molecule has 0 fully saturated rings. The van der Waals surface area contributed by atoms with Crippen molar-refractivity contribution in [1.82, 2.24) is 0 Å². The van der Waals surface area contributed by atoms with E-state index < -0.39 is 0 Å². The minimum absolute atomic E-state index is 0.0208. The van der Waals surface area contributed by atoms with Gasteiger partial charge in [0.15, 0.2) is 5.78 Å². The zero-order valence-corrected chi connectivity index (χ0v) is 7.79. The number of anilines is 1. The molecule has 0 saturated heterocycles. The van der Waals surface area contributed by atoms with Crippen LogP contribution in [0.15, 0.2) is 42.6 Å². The maximum absolute atomic E-state index is 10.7. The van der Waals surface area contributed by atoms with Crippen molar-refractivity contribution >= 4 is 23.1 Å². The molecule has 3 heteroatoms. The van der Waals surface area contributed by atoms with Gasteiger partial charge in [-0.3, -0.25) is 4.79 Å². The first-order chi connectivity index (χ1) is 6.33. The van der Waals surface area contributed by atoms with Crippen LogP contribution in [0.4, 0.5) is 5.69 Å². The second-order valence-corrected chi connectivity index (χ2v) is 2.71. The van der Waals surface area contributed by atoms with Crippen molar-refractivity contribution in [2.75, 3.05) is 11.2 Å². The number of benzene rings is 1. The van der Waals surface area contributed by atoms with E-state index in [0.29, 0.717) is 0 Å². The lowest BCUT2D eigenvalue weighted by molar-refractivity contribution is -0.112. The maximum Gasteiger partial charge on any atom is 0.171 e. The van der Waals surface area contributed by atoms with E-state index >= 15 is 0 Å². The Kier molecular flexibility index (Phi) is 4.06. The van der Waals surface area contributed by atoms with E-state index in [-0.39, 0.29) is 11.7 Å². The van der Waals surface area contributed by atoms with Crippen LogP contribution < -0.4 is 5.32 Å². The molecule has 2 nitrogen and oxygen atoms in total. The van der Waals surface area contributed by atoms with Crippen LogP contribution in [0.3, 0.4) is 0 Å². The quantitative estimate of drug-likeness (QED) is 0.591. The summed E-state index contributed by atoms with van der Waals surface area (Å²) in [5.74, 6) is -0.0856. The van der Waals surface area contributed by atoms with E-state index in [9.17, 15) is 4.79 Å². The van der Waals surface area contributed by atoms with Gasteiger partial charge in [-0.1, -0.05) is 18.2 Å². The van der Waals surface area contributed by atoms with Gasteiger partial charge in [-0.15, -0.1) is 11.6 Å². The van der Waals surface area contributed by atoms with Gasteiger partial charge >= 0.3 is 0 Å². The van der Waals surface area contributed by atoms with E-state index in [0.717, 1.165) is 5.69 Å². The second kappa shape index (κ2) is 5.38. The van der Waals surface area contributed by atoms with Crippen molar-refractivity contribution in [3.63, 3.8) is 0 Å². The van der Waals surface area contributed by atoms with Crippen LogP contribution in [0, 0.1) is 0 Å². The number of carbonyl (C=O) groups excluding carboxylic acids is 1. The molecule has 0 atom stereocenters. The van der Waals surface area contributed by atoms with Crippen molar-refractivity contribution in [2.45, 2.75) is 0 Å². The van der Waals surface area contributed by atoms with Gasteiger partial charge in [0.1, 0.15) is 0 Å². The molecule has 0 radical (unpaired) electrons. The molecule has 1 aromatic rings. The summed E-state index contributed by atoms with van der Waals surface area (Å²) in [4.78, 5) is 10.7. The lowest BCUT2D eigenvalue weighted by Gasteiger charge is -1.97. The lowest BCUT2D eigenvalue weighted by atomic mass is 10.3. The highest BCUT2D eigenvalue weighted by atomic mass is 35.5. The molecule has 0 aliphatic rings. The number of ketones is 1. The molecule has 1 rings (SSSR count). The molecule has 0 unspecified atom stereocenters. The predicted molar refractivity (Wildman–Crippen MR) is 54.9 cm³/mol. The molecule has 1 N–H and O–H groups in total. The number of halogens is 1. The molecule has 13 heavy (non-hydrogen) atoms. The molecule has 0 aromatic heterocycles. The smallest absolute Gasteiger partial charge is 0.171 e. The number of nitrogens with one attached hydrogen (secondary N) is 1. The minimum Gasteiger partial charge on any atom is -0.362 e. The monoisotopic (exact) mass is 195 g/mol. The van der Waals surface area contributed by atoms with Crippen molar-refractivity contribution in [3.05, 3.63) is 42.6 Å². The summed E-state index contributed by atoms with van der Waals surface area (Å²) in [5.41, 5.74) is 0.945. The highest BCUT2D eigenvalue weighted by molar-refractivity contribution is 6.29. The van der Waals surface area contributed by atoms with Gasteiger partial charge in [0.05, 0.1) is 5.88 Å². The summed E-state index contributed by atoms with van der Waals surface area (Å²) < 4.78 is 0. The number of alkyl halides is 1. The first kappa shape index (κ1) is 9.81. The van der Waals surface area contributed by atoms with Gasteiger partial charge in [0.2, 0.25) is 0 Å². The van der Waals surface area contributed by atoms with Crippen LogP contribution in [0.2, 0.25) is 0 Å². The van der Waals surface area contributed by atoms with E-state index in [4.69, 9.17) is 11.6 Å². The summed E-state index contributed by atoms with van der Waals surface area (Å²) >= 11 is 5.31. The van der Waals surface area contributed by atoms with Gasteiger partial charge < -0.3 is 5.32 Å². The molecule has 0 aliphatic carbocycles. The fourth-order valence-corrected chi connectivity index (χ4v) is 0.899. The summed E-state index contributed by atoms with van der Waals surface area (Å²) in [6, 6.07) is 9.59. The largest absolute Gasteiger partial charge is 0.362 e. The van der Waals surface area contributed by atoms with Crippen LogP contribution >= 0.6 is 11.6 Å². The third kappa shape index (κ3) is 3.76. The molecule has 0 bridgehead atoms. The topological polar surface area (TPSA) is 29.1 Å². The van der Waals surface area contributed by atoms with E-state index in [1.807, 2.05) is 30.3 Å². The Morgan fingerprint density at radius 3 is 2.69 bits per heavy atom. The Hall–Kier alpha value is -1.28. The first-order valence-electron chi connectivity index (χ1n) is 3.90. The van der Waals surface area contributed by atoms with Crippen molar-refractivity contribution in [1.29, 1.82) is 0 Å². The Balaban J connectivity index is 2.44. The third-order valence-corrected chi connectivity index (χ3v) is 1.69. The van der Waals surface area contributed by atoms with E-state index in [1.165, 1.54) is 6.08 Å². The Labute approximate surface area is 82.2 Å². The zero-order chi connectivity index (χ0) is 9.52. The molecule has 1 aromatic carbocycles. The summed E-state index contributed by atoms with van der Waals surface area (Å²) in [7, 11) is 0. The average molecular weight is 196 g/mol. The molecule has 68 valence electrons. The van der Waals surface area contributed by atoms with Crippen LogP contribution in [0.1, 0.15) is 0 Å². The van der Waals surface area contributed by atoms with E-state index in [1.54, 1.807) is 6.20 Å². The number of hydrogen-bond donors (Lipinski definition) is 1. The molecule has 0 saturated carbocycles. The Morgan fingerprint density at radius 1 is 1.38 bits per heavy atom. The first-order valence-corrected chi connectivity index (χ1v) is 4.43. The Bertz CT molecular complexity index is 295. The maximum atomic E-state index is 10.7. The van der Waals surface area contributed by atoms with Gasteiger partial charge in [0.25, 0.3) is 0 Å². The van der Waals surface area contributed by atoms with Crippen LogP contribution in [-0.2, 0) is 4.79 Å². The SMILES string of the molecule is O=C(/C=C/Nc1ccccc1)CCl. The normalized spacial score (nSPS) is 10.2. The number of rotatable bonds is 4. The van der Waals surface area contributed by atoms with Gasteiger partial charge in [-0.25, -0.2) is 0 Å². The van der Waals surface area contributed by atoms with Gasteiger partial charge in [0, 0.05) is 11.9 Å². The molecule has 0 aliphatic heterocycles. The molecule has 0 amide bonds. The highest BCUT2D eigenvalue weighted by Gasteiger charge is 1.89. The van der Waals surface area contributed by atoms with Crippen LogP contribution in [0.5, 0.6) is 0 Å². The number of hydrogen-bond acceptors (Lipinski definition) is 2. The van der Waals surface area contributed by atoms with Gasteiger partial charge in [-0.05, 0) is 18.2 Å². The molecule has 0 spiro atoms. The number of carbonyl (C=O) groups is 1. The Morgan fingerprint density at radius 2 is 2.08 bits per heavy atom. The van der Waals surface area contributed by atoms with Crippen LogP contribution in [-0.4, -0.2) is 11.7 Å². The minimum atomic E-state index is -0.106. The number of para-hydroxylation sites is 1. The second-order valence-electron chi connectivity index (χ2n) is 2.44. The summed E-state index contributed by atoms with van der Waals surface area (Å²) in [6.45, 7) is 0. The standard InChI is InChI=1S/C10H10ClNO/c11-8-10(13)6-7-12-9-4-2-1-3-5-9/h1-7,12H,8H2/b7-6+. The summed E-state index contributed by atoms with van der Waals surface area (Å²) in [6.07, 6.45) is 3.00. The third-order valence-electron chi connectivity index (χ3n) is 1.42. The van der Waals surface area contributed by atoms with Crippen molar-refractivity contribution < 1.29 is 4.79 Å². The molecular formula is C10H10ClNO. The molecular weight excluding hydrogens is 186 g/mol. The van der Waals surface area contributed by atoms with Gasteiger partial charge in [-0.2, -0.15) is 0 Å². The molecule has 0 heterocycles. The predicted octanol–water partition coefficient (Wildman–Crippen LogP) is 2.42. The zero-order valence-electron chi connectivity index (χ0n) is 7.03. The number of allylic oxidation sites excluding steroid dienone is 1. The lowest BCUT2D eigenvalue weighted by Crippen LogP contribution is -1.95. The fourth-order valence-electron chi connectivity index (χ4n) is 0.810.